The van der Waals surface area contributed by atoms with Crippen molar-refractivity contribution in [1.82, 2.24) is 53.7 Å². The van der Waals surface area contributed by atoms with E-state index in [0.29, 0.717) is 40.8 Å². The fourth-order valence-corrected chi connectivity index (χ4v) is 7.70. The minimum absolute atomic E-state index is 0.0459. The normalized spacial score (nSPS) is 17.0. The molecule has 0 radical (unpaired) electrons. The highest BCUT2D eigenvalue weighted by atomic mass is 79.9. The van der Waals surface area contributed by atoms with Crippen LogP contribution < -0.4 is 11.5 Å². The van der Waals surface area contributed by atoms with Gasteiger partial charge in [0.15, 0.2) is 11.3 Å². The molecule has 15 nitrogen and oxygen atoms in total. The van der Waals surface area contributed by atoms with Crippen LogP contribution in [0, 0.1) is 0 Å². The van der Waals surface area contributed by atoms with Gasteiger partial charge in [0, 0.05) is 85.4 Å². The Hall–Kier alpha value is -4.99. The van der Waals surface area contributed by atoms with Gasteiger partial charge in [0.1, 0.15) is 17.2 Å². The average Bonchev–Trinajstić information content (AvgIpc) is 3.93. The van der Waals surface area contributed by atoms with Gasteiger partial charge < -0.3 is 21.1 Å². The maximum absolute atomic E-state index is 12.6. The molecule has 16 heteroatoms. The molecule has 52 heavy (non-hydrogen) atoms. The fraction of sp³-hybridized carbons (Fsp3) is 0.472. The number of nitrogens with two attached hydrogens (primary N) is 2. The van der Waals surface area contributed by atoms with Crippen LogP contribution >= 0.6 is 15.9 Å². The average molecular weight is 773 g/mol. The number of anilines is 2. The highest BCUT2D eigenvalue weighted by Gasteiger charge is 2.31. The third-order valence-corrected chi connectivity index (χ3v) is 10.5. The topological polar surface area (TPSA) is 178 Å². The first-order chi connectivity index (χ1) is 24.9. The molecule has 4 N–H and O–H groups in total. The van der Waals surface area contributed by atoms with E-state index in [1.807, 2.05) is 65.7 Å². The maximum Gasteiger partial charge on any atom is 0.410 e. The summed E-state index contributed by atoms with van der Waals surface area (Å²) in [6, 6.07) is 1.99. The SMILES string of the molecule is Cn1cc(-c2cnn3c(N)c(Br)c(C4CCCN(C(=O)OC(C)(C)C)C4)nc23)cn1.Cn1cc(-c2cnn3c(N)cc(C4CCCCC4)nc23)cn1. The lowest BCUT2D eigenvalue weighted by molar-refractivity contribution is 0.0197. The minimum Gasteiger partial charge on any atom is -0.444 e. The molecular weight excluding hydrogens is 726 g/mol. The summed E-state index contributed by atoms with van der Waals surface area (Å²) in [6.45, 7) is 6.83. The molecule has 274 valence electrons. The van der Waals surface area contributed by atoms with E-state index < -0.39 is 5.60 Å². The predicted molar refractivity (Wildman–Crippen MR) is 203 cm³/mol. The molecule has 0 bridgehead atoms. The van der Waals surface area contributed by atoms with Crippen molar-refractivity contribution in [1.29, 1.82) is 0 Å². The summed E-state index contributed by atoms with van der Waals surface area (Å²) in [7, 11) is 3.77. The molecule has 1 aliphatic heterocycles. The summed E-state index contributed by atoms with van der Waals surface area (Å²) in [5.74, 6) is 1.71. The van der Waals surface area contributed by atoms with Crippen LogP contribution in [0.4, 0.5) is 16.4 Å². The number of carbonyl (C=O) groups excluding carboxylic acids is 1. The number of ether oxygens (including phenoxy) is 1. The Morgan fingerprint density at radius 1 is 0.808 bits per heavy atom. The Labute approximate surface area is 310 Å². The molecule has 6 aromatic heterocycles. The van der Waals surface area contributed by atoms with Crippen molar-refractivity contribution in [3.8, 4) is 22.3 Å². The van der Waals surface area contributed by atoms with Crippen LogP contribution in [0.1, 0.15) is 88.9 Å². The van der Waals surface area contributed by atoms with Gasteiger partial charge in [-0.2, -0.15) is 29.4 Å². The van der Waals surface area contributed by atoms with Gasteiger partial charge in [-0.05, 0) is 62.4 Å². The molecule has 1 aliphatic carbocycles. The molecule has 2 fully saturated rings. The second kappa shape index (κ2) is 14.2. The summed E-state index contributed by atoms with van der Waals surface area (Å²) in [5, 5.41) is 17.3. The van der Waals surface area contributed by atoms with E-state index in [4.69, 9.17) is 26.2 Å². The van der Waals surface area contributed by atoms with Gasteiger partial charge in [0.05, 0.1) is 35.0 Å². The third kappa shape index (κ3) is 7.20. The van der Waals surface area contributed by atoms with Crippen LogP contribution in [0.2, 0.25) is 0 Å². The van der Waals surface area contributed by atoms with E-state index in [9.17, 15) is 4.79 Å². The van der Waals surface area contributed by atoms with Crippen molar-refractivity contribution < 1.29 is 9.53 Å². The second-order valence-electron chi connectivity index (χ2n) is 14.8. The number of amides is 1. The van der Waals surface area contributed by atoms with Crippen LogP contribution in [0.5, 0.6) is 0 Å². The van der Waals surface area contributed by atoms with Gasteiger partial charge in [-0.3, -0.25) is 9.36 Å². The van der Waals surface area contributed by atoms with E-state index >= 15 is 0 Å². The van der Waals surface area contributed by atoms with Crippen molar-refractivity contribution in [3.63, 3.8) is 0 Å². The zero-order chi connectivity index (χ0) is 36.7. The van der Waals surface area contributed by atoms with Crippen LogP contribution in [-0.4, -0.2) is 78.4 Å². The summed E-state index contributed by atoms with van der Waals surface area (Å²) >= 11 is 3.61. The number of likely N-dealkylation sites (tertiary alicyclic amines) is 1. The van der Waals surface area contributed by atoms with Crippen molar-refractivity contribution >= 4 is 45.0 Å². The Morgan fingerprint density at radius 3 is 2.00 bits per heavy atom. The van der Waals surface area contributed by atoms with Gasteiger partial charge in [0.25, 0.3) is 0 Å². The molecule has 0 spiro atoms. The van der Waals surface area contributed by atoms with E-state index in [2.05, 4.69) is 36.3 Å². The van der Waals surface area contributed by atoms with Gasteiger partial charge >= 0.3 is 6.09 Å². The molecular formula is C36H46BrN13O2. The predicted octanol–water partition coefficient (Wildman–Crippen LogP) is 6.35. The number of hydrogen-bond donors (Lipinski definition) is 2. The van der Waals surface area contributed by atoms with Crippen LogP contribution in [-0.2, 0) is 18.8 Å². The first-order valence-electron chi connectivity index (χ1n) is 17.8. The van der Waals surface area contributed by atoms with E-state index in [-0.39, 0.29) is 12.0 Å². The Morgan fingerprint density at radius 2 is 1.40 bits per heavy atom. The fourth-order valence-electron chi connectivity index (χ4n) is 7.12. The Kier molecular flexibility index (Phi) is 9.67. The van der Waals surface area contributed by atoms with Crippen molar-refractivity contribution in [2.24, 2.45) is 14.1 Å². The van der Waals surface area contributed by atoms with Crippen LogP contribution in [0.25, 0.3) is 33.5 Å². The Bertz CT molecular complexity index is 2220. The third-order valence-electron chi connectivity index (χ3n) is 9.68. The standard InChI is InChI=1S/C20H26BrN7O2.C16H20N6/c1-20(2,3)30-19(29)27-7-5-6-12(11-27)16-15(21)17(22)28-18(25-16)14(9-24-28)13-8-23-26(4)10-13;1-21-10-12(8-18-21)13-9-19-22-15(17)7-14(20-16(13)22)11-5-3-2-4-6-11/h8-10,12H,5-7,11,22H2,1-4H3;7-11H,2-6,17H2,1H3. The number of nitrogens with zero attached hydrogens (tertiary/aromatic N) is 11. The zero-order valence-electron chi connectivity index (χ0n) is 30.3. The molecule has 1 saturated carbocycles. The molecule has 1 atom stereocenters. The molecule has 0 aromatic carbocycles. The first kappa shape index (κ1) is 35.4. The number of nitrogen functional groups attached to an aromatic ring is 2. The smallest absolute Gasteiger partial charge is 0.410 e. The zero-order valence-corrected chi connectivity index (χ0v) is 31.9. The van der Waals surface area contributed by atoms with Gasteiger partial charge in [-0.25, -0.2) is 14.8 Å². The molecule has 1 amide bonds. The number of carbonyl (C=O) groups is 1. The van der Waals surface area contributed by atoms with Crippen LogP contribution in [0.3, 0.4) is 0 Å². The summed E-state index contributed by atoms with van der Waals surface area (Å²) in [6.07, 6.45) is 18.9. The van der Waals surface area contributed by atoms with Crippen molar-refractivity contribution in [3.05, 3.63) is 59.1 Å². The number of fused-ring (bicyclic) bond motifs is 2. The first-order valence-corrected chi connectivity index (χ1v) is 18.6. The van der Waals surface area contributed by atoms with Crippen molar-refractivity contribution in [2.75, 3.05) is 24.6 Å². The van der Waals surface area contributed by atoms with Gasteiger partial charge in [0.2, 0.25) is 0 Å². The van der Waals surface area contributed by atoms with Gasteiger partial charge in [-0.15, -0.1) is 0 Å². The lowest BCUT2D eigenvalue weighted by Gasteiger charge is -2.34. The molecule has 1 saturated heterocycles. The molecule has 8 rings (SSSR count). The van der Waals surface area contributed by atoms with Crippen LogP contribution in [0.15, 0.2) is 47.7 Å². The van der Waals surface area contributed by atoms with Gasteiger partial charge in [-0.1, -0.05) is 19.3 Å². The summed E-state index contributed by atoms with van der Waals surface area (Å²) in [4.78, 5) is 24.2. The Balaban J connectivity index is 0.000000169. The van der Waals surface area contributed by atoms with Crippen molar-refractivity contribution in [2.45, 2.75) is 83.2 Å². The maximum atomic E-state index is 12.6. The highest BCUT2D eigenvalue weighted by Crippen LogP contribution is 2.37. The number of halogens is 1. The number of aryl methyl sites for hydroxylation is 2. The second-order valence-corrected chi connectivity index (χ2v) is 15.6. The van der Waals surface area contributed by atoms with E-state index in [1.54, 1.807) is 35.7 Å². The number of hydrogen-bond acceptors (Lipinski definition) is 10. The highest BCUT2D eigenvalue weighted by molar-refractivity contribution is 9.10. The molecule has 7 heterocycles. The quantitative estimate of drug-likeness (QED) is 0.205. The van der Waals surface area contributed by atoms with E-state index in [1.165, 1.54) is 32.1 Å². The molecule has 1 unspecified atom stereocenters. The summed E-state index contributed by atoms with van der Waals surface area (Å²) < 4.78 is 13.1. The largest absolute Gasteiger partial charge is 0.444 e. The monoisotopic (exact) mass is 771 g/mol. The number of piperidine rings is 1. The number of rotatable bonds is 4. The number of aromatic nitrogens is 10. The molecule has 2 aliphatic rings. The summed E-state index contributed by atoms with van der Waals surface area (Å²) in [5.41, 5.74) is 19.3. The van der Waals surface area contributed by atoms with E-state index in [0.717, 1.165) is 52.1 Å². The molecule has 6 aromatic rings. The lowest BCUT2D eigenvalue weighted by atomic mass is 9.87. The lowest BCUT2D eigenvalue weighted by Crippen LogP contribution is -2.42. The minimum atomic E-state index is -0.525.